The lowest BCUT2D eigenvalue weighted by atomic mass is 9.98. The summed E-state index contributed by atoms with van der Waals surface area (Å²) in [7, 11) is 0. The van der Waals surface area contributed by atoms with Crippen molar-refractivity contribution in [2.45, 2.75) is 43.1 Å². The zero-order valence-corrected chi connectivity index (χ0v) is 10.4. The lowest BCUT2D eigenvalue weighted by Crippen LogP contribution is -2.63. The van der Waals surface area contributed by atoms with Gasteiger partial charge in [0, 0.05) is 0 Å². The highest BCUT2D eigenvalue weighted by atomic mass is 16.6. The van der Waals surface area contributed by atoms with Crippen LogP contribution in [0.3, 0.4) is 0 Å². The zero-order chi connectivity index (χ0) is 15.4. The fourth-order valence-electron chi connectivity index (χ4n) is 1.73. The molecule has 0 radical (unpaired) electrons. The second-order valence-electron chi connectivity index (χ2n) is 4.47. The van der Waals surface area contributed by atoms with Crippen molar-refractivity contribution in [1.29, 1.82) is 0 Å². The number of nitrogens with one attached hydrogen (secondary N) is 1. The number of carbonyl (C=O) groups excluding carboxylic acids is 1. The molecule has 10 nitrogen and oxygen atoms in total. The van der Waals surface area contributed by atoms with E-state index in [4.69, 9.17) is 20.7 Å². The molecule has 1 amide bonds. The molecule has 20 heavy (non-hydrogen) atoms. The smallest absolute Gasteiger partial charge is 0.321 e. The molecule has 8 N–H and O–H groups in total. The first kappa shape index (κ1) is 16.8. The second kappa shape index (κ2) is 6.92. The summed E-state index contributed by atoms with van der Waals surface area (Å²) in [5.41, 5.74) is 5.17. The first-order chi connectivity index (χ1) is 9.27. The van der Waals surface area contributed by atoms with Crippen LogP contribution in [0.2, 0.25) is 0 Å². The molecule has 1 saturated heterocycles. The lowest BCUT2D eigenvalue weighted by Gasteiger charge is -2.40. The molecule has 0 aromatic carbocycles. The molecule has 1 fully saturated rings. The van der Waals surface area contributed by atoms with Gasteiger partial charge in [-0.25, -0.2) is 0 Å². The fraction of sp³-hybridized carbons (Fsp3) is 0.800. The van der Waals surface area contributed by atoms with Gasteiger partial charge >= 0.3 is 5.97 Å². The quantitative estimate of drug-likeness (QED) is 0.263. The zero-order valence-electron chi connectivity index (χ0n) is 10.4. The first-order valence-corrected chi connectivity index (χ1v) is 5.86. The predicted octanol–water partition coefficient (Wildman–Crippen LogP) is -4.30. The van der Waals surface area contributed by atoms with Crippen molar-refractivity contribution >= 4 is 11.9 Å². The van der Waals surface area contributed by atoms with E-state index in [0.717, 1.165) is 0 Å². The summed E-state index contributed by atoms with van der Waals surface area (Å²) in [5.74, 6) is -2.18. The summed E-state index contributed by atoms with van der Waals surface area (Å²) >= 11 is 0. The average Bonchev–Trinajstić information content (AvgIpc) is 2.39. The van der Waals surface area contributed by atoms with Gasteiger partial charge < -0.3 is 41.3 Å². The summed E-state index contributed by atoms with van der Waals surface area (Å²) in [6.07, 6.45) is -7.89. The van der Waals surface area contributed by atoms with Gasteiger partial charge in [-0.15, -0.1) is 0 Å². The molecule has 0 aromatic rings. The van der Waals surface area contributed by atoms with Gasteiger partial charge in [0.1, 0.15) is 30.5 Å². The SMILES string of the molecule is N[C@@H](CC(=O)NC1O[C@H](CO)[C@@H](O)[C@H](O)[C@H]1O)C(=O)O. The van der Waals surface area contributed by atoms with Crippen molar-refractivity contribution < 1.29 is 39.9 Å². The number of aliphatic hydroxyl groups excluding tert-OH is 4. The highest BCUT2D eigenvalue weighted by Crippen LogP contribution is 2.19. The molecule has 0 saturated carbocycles. The van der Waals surface area contributed by atoms with Gasteiger partial charge in [0.15, 0.2) is 6.23 Å². The van der Waals surface area contributed by atoms with Crippen molar-refractivity contribution in [3.8, 4) is 0 Å². The van der Waals surface area contributed by atoms with Crippen LogP contribution in [0, 0.1) is 0 Å². The molecule has 116 valence electrons. The number of hydrogen-bond donors (Lipinski definition) is 7. The van der Waals surface area contributed by atoms with Crippen LogP contribution in [0.1, 0.15) is 6.42 Å². The largest absolute Gasteiger partial charge is 0.480 e. The second-order valence-corrected chi connectivity index (χ2v) is 4.47. The number of rotatable bonds is 5. The number of ether oxygens (including phenoxy) is 1. The van der Waals surface area contributed by atoms with Crippen molar-refractivity contribution in [3.63, 3.8) is 0 Å². The van der Waals surface area contributed by atoms with E-state index in [1.54, 1.807) is 0 Å². The Morgan fingerprint density at radius 2 is 1.80 bits per heavy atom. The Kier molecular flexibility index (Phi) is 5.80. The van der Waals surface area contributed by atoms with E-state index in [0.29, 0.717) is 0 Å². The molecule has 10 heteroatoms. The number of carboxylic acids is 1. The molecule has 1 heterocycles. The van der Waals surface area contributed by atoms with Gasteiger partial charge in [-0.3, -0.25) is 9.59 Å². The van der Waals surface area contributed by atoms with E-state index < -0.39 is 61.6 Å². The van der Waals surface area contributed by atoms with Crippen LogP contribution in [0.4, 0.5) is 0 Å². The monoisotopic (exact) mass is 294 g/mol. The minimum atomic E-state index is -1.63. The van der Waals surface area contributed by atoms with Crippen LogP contribution in [0.25, 0.3) is 0 Å². The first-order valence-electron chi connectivity index (χ1n) is 5.86. The third-order valence-corrected chi connectivity index (χ3v) is 2.92. The summed E-state index contributed by atoms with van der Waals surface area (Å²) < 4.78 is 5.01. The van der Waals surface area contributed by atoms with Gasteiger partial charge in [-0.2, -0.15) is 0 Å². The normalized spacial score (nSPS) is 35.4. The summed E-state index contributed by atoms with van der Waals surface area (Å²) in [6.45, 7) is -0.633. The summed E-state index contributed by atoms with van der Waals surface area (Å²) in [6, 6.07) is -1.42. The number of amides is 1. The van der Waals surface area contributed by atoms with Gasteiger partial charge in [-0.05, 0) is 0 Å². The Morgan fingerprint density at radius 3 is 2.30 bits per heavy atom. The van der Waals surface area contributed by atoms with Gasteiger partial charge in [0.2, 0.25) is 5.91 Å². The Bertz CT molecular complexity index is 363. The van der Waals surface area contributed by atoms with Gasteiger partial charge in [0.25, 0.3) is 0 Å². The minimum Gasteiger partial charge on any atom is -0.480 e. The van der Waals surface area contributed by atoms with Crippen molar-refractivity contribution in [1.82, 2.24) is 5.32 Å². The van der Waals surface area contributed by atoms with Crippen LogP contribution in [-0.2, 0) is 14.3 Å². The van der Waals surface area contributed by atoms with Crippen molar-refractivity contribution in [3.05, 3.63) is 0 Å². The van der Waals surface area contributed by atoms with Crippen molar-refractivity contribution in [2.24, 2.45) is 5.73 Å². The van der Waals surface area contributed by atoms with Crippen LogP contribution >= 0.6 is 0 Å². The Labute approximate surface area is 113 Å². The fourth-order valence-corrected chi connectivity index (χ4v) is 1.73. The van der Waals surface area contributed by atoms with Gasteiger partial charge in [-0.1, -0.05) is 0 Å². The summed E-state index contributed by atoms with van der Waals surface area (Å²) in [4.78, 5) is 22.0. The van der Waals surface area contributed by atoms with Crippen LogP contribution < -0.4 is 11.1 Å². The highest BCUT2D eigenvalue weighted by Gasteiger charge is 2.44. The number of aliphatic carboxylic acids is 1. The Hall–Kier alpha value is -1.30. The maximum absolute atomic E-state index is 11.5. The molecule has 1 unspecified atom stereocenters. The third-order valence-electron chi connectivity index (χ3n) is 2.92. The number of aliphatic hydroxyl groups is 4. The highest BCUT2D eigenvalue weighted by molar-refractivity contribution is 5.84. The molecule has 1 rings (SSSR count). The molecule has 1 aliphatic heterocycles. The minimum absolute atomic E-state index is 0.551. The topological polar surface area (TPSA) is 183 Å². The molecular weight excluding hydrogens is 276 g/mol. The van der Waals surface area contributed by atoms with E-state index in [2.05, 4.69) is 5.32 Å². The molecule has 1 aliphatic rings. The summed E-state index contributed by atoms with van der Waals surface area (Å²) in [5, 5.41) is 48.3. The van der Waals surface area contributed by atoms with E-state index in [-0.39, 0.29) is 0 Å². The maximum Gasteiger partial charge on any atom is 0.321 e. The van der Waals surface area contributed by atoms with E-state index in [1.807, 2.05) is 0 Å². The molecule has 6 atom stereocenters. The molecule has 0 aliphatic carbocycles. The number of hydrogen-bond acceptors (Lipinski definition) is 8. The average molecular weight is 294 g/mol. The van der Waals surface area contributed by atoms with E-state index in [9.17, 15) is 24.9 Å². The third kappa shape index (κ3) is 3.85. The number of carboxylic acid groups (broad SMARTS) is 1. The van der Waals surface area contributed by atoms with Crippen LogP contribution in [-0.4, -0.2) is 80.7 Å². The Morgan fingerprint density at radius 1 is 1.20 bits per heavy atom. The van der Waals surface area contributed by atoms with E-state index in [1.165, 1.54) is 0 Å². The molecular formula is C10H18N2O8. The predicted molar refractivity (Wildman–Crippen MR) is 62.1 cm³/mol. The lowest BCUT2D eigenvalue weighted by molar-refractivity contribution is -0.236. The number of carbonyl (C=O) groups is 2. The van der Waals surface area contributed by atoms with Gasteiger partial charge in [0.05, 0.1) is 13.0 Å². The molecule has 0 spiro atoms. The van der Waals surface area contributed by atoms with Crippen molar-refractivity contribution in [2.75, 3.05) is 6.61 Å². The number of nitrogens with two attached hydrogens (primary N) is 1. The standard InChI is InChI=1S/C10H18N2O8/c11-3(10(18)19)1-5(14)12-9-8(17)7(16)6(15)4(2-13)20-9/h3-4,6-9,13,15-17H,1-2,11H2,(H,12,14)(H,18,19)/t3-,4+,6+,7-,8+,9?/m0/s1. The molecule has 0 bridgehead atoms. The molecule has 0 aromatic heterocycles. The van der Waals surface area contributed by atoms with Crippen LogP contribution in [0.5, 0.6) is 0 Å². The van der Waals surface area contributed by atoms with E-state index >= 15 is 0 Å². The Balaban J connectivity index is 2.61. The maximum atomic E-state index is 11.5. The van der Waals surface area contributed by atoms with Crippen LogP contribution in [0.15, 0.2) is 0 Å².